The molecule has 160 valence electrons. The number of fused-ring (bicyclic) bond motifs is 1. The maximum absolute atomic E-state index is 13.2. The van der Waals surface area contributed by atoms with Crippen LogP contribution in [0.15, 0.2) is 48.5 Å². The second-order valence-electron chi connectivity index (χ2n) is 8.20. The van der Waals surface area contributed by atoms with Gasteiger partial charge < -0.3 is 14.5 Å². The van der Waals surface area contributed by atoms with E-state index in [0.717, 1.165) is 37.1 Å². The van der Waals surface area contributed by atoms with Crippen molar-refractivity contribution >= 4 is 39.1 Å². The number of nitrogens with zero attached hydrogens (tertiary/aromatic N) is 3. The largest absolute Gasteiger partial charge is 0.495 e. The number of carbonyl (C=O) groups is 2. The van der Waals surface area contributed by atoms with Crippen molar-refractivity contribution in [3.05, 3.63) is 53.5 Å². The van der Waals surface area contributed by atoms with Crippen LogP contribution in [-0.2, 0) is 9.59 Å². The summed E-state index contributed by atoms with van der Waals surface area (Å²) in [7, 11) is 1.59. The van der Waals surface area contributed by atoms with Gasteiger partial charge in [0.15, 0.2) is 0 Å². The Balaban J connectivity index is 1.23. The SMILES string of the molecule is COc1ccccc1N1CC(C(=O)N2CCC(c3nc4ccccc4s3)CC2)CC1=O. The van der Waals surface area contributed by atoms with Crippen LogP contribution >= 0.6 is 11.3 Å². The molecule has 5 rings (SSSR count). The molecule has 3 heterocycles. The molecular formula is C24H25N3O3S. The Morgan fingerprint density at radius 1 is 1.10 bits per heavy atom. The molecule has 2 saturated heterocycles. The van der Waals surface area contributed by atoms with E-state index in [1.54, 1.807) is 23.3 Å². The van der Waals surface area contributed by atoms with Crippen LogP contribution in [0.5, 0.6) is 5.75 Å². The summed E-state index contributed by atoms with van der Waals surface area (Å²) >= 11 is 1.76. The summed E-state index contributed by atoms with van der Waals surface area (Å²) in [4.78, 5) is 34.3. The monoisotopic (exact) mass is 435 g/mol. The third-order valence-electron chi connectivity index (χ3n) is 6.32. The quantitative estimate of drug-likeness (QED) is 0.620. The van der Waals surface area contributed by atoms with E-state index in [1.807, 2.05) is 41.3 Å². The van der Waals surface area contributed by atoms with Crippen molar-refractivity contribution in [1.82, 2.24) is 9.88 Å². The van der Waals surface area contributed by atoms with Gasteiger partial charge in [0.05, 0.1) is 33.9 Å². The number of anilines is 1. The van der Waals surface area contributed by atoms with Crippen molar-refractivity contribution in [2.24, 2.45) is 5.92 Å². The standard InChI is InChI=1S/C24H25N3O3S/c1-30-20-8-4-3-7-19(20)27-15-17(14-22(27)28)24(29)26-12-10-16(11-13-26)23-25-18-6-2-5-9-21(18)31-23/h2-9,16-17H,10-15H2,1H3. The Morgan fingerprint density at radius 2 is 1.84 bits per heavy atom. The van der Waals surface area contributed by atoms with Crippen LogP contribution in [0.1, 0.15) is 30.2 Å². The van der Waals surface area contributed by atoms with E-state index in [9.17, 15) is 9.59 Å². The molecule has 2 aliphatic heterocycles. The highest BCUT2D eigenvalue weighted by molar-refractivity contribution is 7.18. The van der Waals surface area contributed by atoms with E-state index in [1.165, 1.54) is 9.71 Å². The van der Waals surface area contributed by atoms with E-state index < -0.39 is 0 Å². The molecule has 0 saturated carbocycles. The van der Waals surface area contributed by atoms with Crippen molar-refractivity contribution in [3.8, 4) is 5.75 Å². The molecule has 2 aromatic carbocycles. The Kier molecular flexibility index (Phi) is 5.36. The van der Waals surface area contributed by atoms with Crippen LogP contribution in [0, 0.1) is 5.92 Å². The highest BCUT2D eigenvalue weighted by Crippen LogP contribution is 2.36. The first-order chi connectivity index (χ1) is 15.1. The maximum Gasteiger partial charge on any atom is 0.228 e. The molecule has 0 N–H and O–H groups in total. The zero-order valence-electron chi connectivity index (χ0n) is 17.5. The number of ether oxygens (including phenoxy) is 1. The van der Waals surface area contributed by atoms with Crippen LogP contribution in [0.3, 0.4) is 0 Å². The van der Waals surface area contributed by atoms with Crippen molar-refractivity contribution in [1.29, 1.82) is 0 Å². The van der Waals surface area contributed by atoms with E-state index in [-0.39, 0.29) is 24.2 Å². The van der Waals surface area contributed by atoms with E-state index in [4.69, 9.17) is 9.72 Å². The summed E-state index contributed by atoms with van der Waals surface area (Å²) in [5.41, 5.74) is 1.79. The van der Waals surface area contributed by atoms with Crippen molar-refractivity contribution in [2.45, 2.75) is 25.2 Å². The van der Waals surface area contributed by atoms with Crippen LogP contribution < -0.4 is 9.64 Å². The lowest BCUT2D eigenvalue weighted by Crippen LogP contribution is -2.42. The average Bonchev–Trinajstić information content (AvgIpc) is 3.42. The minimum atomic E-state index is -0.295. The third kappa shape index (κ3) is 3.78. The number of hydrogen-bond donors (Lipinski definition) is 0. The highest BCUT2D eigenvalue weighted by atomic mass is 32.1. The number of aromatic nitrogens is 1. The fourth-order valence-electron chi connectivity index (χ4n) is 4.63. The summed E-state index contributed by atoms with van der Waals surface area (Å²) in [6.07, 6.45) is 2.10. The number of hydrogen-bond acceptors (Lipinski definition) is 5. The Hall–Kier alpha value is -2.93. The smallest absolute Gasteiger partial charge is 0.228 e. The fraction of sp³-hybridized carbons (Fsp3) is 0.375. The van der Waals surface area contributed by atoms with Crippen molar-refractivity contribution < 1.29 is 14.3 Å². The number of carbonyl (C=O) groups excluding carboxylic acids is 2. The Bertz CT molecular complexity index is 1090. The molecule has 2 fully saturated rings. The molecule has 7 heteroatoms. The van der Waals surface area contributed by atoms with Gasteiger partial charge in [0.1, 0.15) is 5.75 Å². The van der Waals surface area contributed by atoms with E-state index in [2.05, 4.69) is 12.1 Å². The topological polar surface area (TPSA) is 62.7 Å². The second kappa shape index (κ2) is 8.30. The maximum atomic E-state index is 13.2. The average molecular weight is 436 g/mol. The first-order valence-electron chi connectivity index (χ1n) is 10.7. The highest BCUT2D eigenvalue weighted by Gasteiger charge is 2.39. The number of piperidine rings is 1. The van der Waals surface area contributed by atoms with Crippen molar-refractivity contribution in [2.75, 3.05) is 31.6 Å². The predicted molar refractivity (Wildman–Crippen MR) is 122 cm³/mol. The summed E-state index contributed by atoms with van der Waals surface area (Å²) in [5, 5.41) is 1.17. The number of amides is 2. The van der Waals surface area contributed by atoms with Gasteiger partial charge in [-0.2, -0.15) is 0 Å². The van der Waals surface area contributed by atoms with Gasteiger partial charge >= 0.3 is 0 Å². The number of methoxy groups -OCH3 is 1. The fourth-order valence-corrected chi connectivity index (χ4v) is 5.76. The van der Waals surface area contributed by atoms with Gasteiger partial charge in [0.2, 0.25) is 11.8 Å². The molecule has 2 aliphatic rings. The molecule has 1 atom stereocenters. The van der Waals surface area contributed by atoms with Gasteiger partial charge in [0, 0.05) is 32.0 Å². The molecule has 0 radical (unpaired) electrons. The van der Waals surface area contributed by atoms with E-state index in [0.29, 0.717) is 18.2 Å². The third-order valence-corrected chi connectivity index (χ3v) is 7.52. The summed E-state index contributed by atoms with van der Waals surface area (Å²) in [6.45, 7) is 1.85. The predicted octanol–water partition coefficient (Wildman–Crippen LogP) is 4.06. The Morgan fingerprint density at radius 3 is 2.61 bits per heavy atom. The van der Waals surface area contributed by atoms with Gasteiger partial charge in [-0.15, -0.1) is 11.3 Å². The van der Waals surface area contributed by atoms with Crippen LogP contribution in [-0.4, -0.2) is 48.4 Å². The zero-order chi connectivity index (χ0) is 21.4. The first-order valence-corrected chi connectivity index (χ1v) is 11.5. The summed E-state index contributed by atoms with van der Waals surface area (Å²) < 4.78 is 6.62. The molecular weight excluding hydrogens is 410 g/mol. The van der Waals surface area contributed by atoms with Gasteiger partial charge in [-0.3, -0.25) is 9.59 Å². The first kappa shape index (κ1) is 20.0. The molecule has 0 spiro atoms. The van der Waals surface area contributed by atoms with E-state index >= 15 is 0 Å². The number of thiazole rings is 1. The minimum Gasteiger partial charge on any atom is -0.495 e. The minimum absolute atomic E-state index is 0.0211. The van der Waals surface area contributed by atoms with Gasteiger partial charge in [-0.25, -0.2) is 4.98 Å². The van der Waals surface area contributed by atoms with Crippen LogP contribution in [0.4, 0.5) is 5.69 Å². The molecule has 1 aromatic heterocycles. The summed E-state index contributed by atoms with van der Waals surface area (Å²) in [6, 6.07) is 15.7. The molecule has 31 heavy (non-hydrogen) atoms. The lowest BCUT2D eigenvalue weighted by molar-refractivity contribution is -0.136. The zero-order valence-corrected chi connectivity index (χ0v) is 18.3. The molecule has 6 nitrogen and oxygen atoms in total. The lowest BCUT2D eigenvalue weighted by Gasteiger charge is -2.32. The Labute approximate surface area is 185 Å². The summed E-state index contributed by atoms with van der Waals surface area (Å²) in [5.74, 6) is 0.828. The number of likely N-dealkylation sites (tertiary alicyclic amines) is 1. The number of para-hydroxylation sites is 3. The molecule has 0 bridgehead atoms. The van der Waals surface area contributed by atoms with Crippen LogP contribution in [0.25, 0.3) is 10.2 Å². The molecule has 1 unspecified atom stereocenters. The molecule has 0 aliphatic carbocycles. The number of rotatable bonds is 4. The van der Waals surface area contributed by atoms with Gasteiger partial charge in [0.25, 0.3) is 0 Å². The normalized spacial score (nSPS) is 19.9. The van der Waals surface area contributed by atoms with Gasteiger partial charge in [-0.05, 0) is 37.1 Å². The number of benzene rings is 2. The lowest BCUT2D eigenvalue weighted by atomic mass is 9.96. The van der Waals surface area contributed by atoms with Gasteiger partial charge in [-0.1, -0.05) is 24.3 Å². The molecule has 2 amide bonds. The molecule has 3 aromatic rings. The van der Waals surface area contributed by atoms with Crippen molar-refractivity contribution in [3.63, 3.8) is 0 Å². The van der Waals surface area contributed by atoms with Crippen LogP contribution in [0.2, 0.25) is 0 Å². The second-order valence-corrected chi connectivity index (χ2v) is 9.26.